The van der Waals surface area contributed by atoms with Crippen molar-refractivity contribution < 1.29 is 0 Å². The molecular weight excluding hydrogens is 693 g/mol. The quantitative estimate of drug-likeness (QED) is 0.169. The molecule has 0 radical (unpaired) electrons. The highest BCUT2D eigenvalue weighted by atomic mass is 32.1. The van der Waals surface area contributed by atoms with E-state index >= 15 is 0 Å². The molecule has 0 N–H and O–H groups in total. The molecule has 4 aromatic heterocycles. The van der Waals surface area contributed by atoms with Crippen LogP contribution in [0.2, 0.25) is 0 Å². The molecule has 0 aliphatic rings. The van der Waals surface area contributed by atoms with Gasteiger partial charge in [-0.3, -0.25) is 0 Å². The molecule has 0 atom stereocenters. The van der Waals surface area contributed by atoms with E-state index in [9.17, 15) is 0 Å². The Labute approximate surface area is 320 Å². The normalized spacial score (nSPS) is 11.9. The lowest BCUT2D eigenvalue weighted by molar-refractivity contribution is 1.33. The lowest BCUT2D eigenvalue weighted by atomic mass is 9.98. The summed E-state index contributed by atoms with van der Waals surface area (Å²) >= 11 is 3.74. The molecule has 254 valence electrons. The molecule has 0 bridgehead atoms. The molecule has 7 aromatic carbocycles. The summed E-state index contributed by atoms with van der Waals surface area (Å²) in [5.41, 5.74) is 13.4. The van der Waals surface area contributed by atoms with Crippen molar-refractivity contribution in [2.45, 2.75) is 13.8 Å². The molecule has 54 heavy (non-hydrogen) atoms. The van der Waals surface area contributed by atoms with Gasteiger partial charge < -0.3 is 0 Å². The van der Waals surface area contributed by atoms with Crippen molar-refractivity contribution in [3.05, 3.63) is 169 Å². The molecule has 11 aromatic rings. The van der Waals surface area contributed by atoms with E-state index in [4.69, 9.17) is 9.97 Å². The maximum absolute atomic E-state index is 5.33. The zero-order chi connectivity index (χ0) is 35.9. The predicted molar refractivity (Wildman–Crippen MR) is 234 cm³/mol. The summed E-state index contributed by atoms with van der Waals surface area (Å²) < 4.78 is 5.31. The number of rotatable bonds is 4. The Bertz CT molecular complexity index is 3060. The first kappa shape index (κ1) is 31.3. The Morgan fingerprint density at radius 2 is 0.741 bits per heavy atom. The topological polar surface area (TPSA) is 25.8 Å². The van der Waals surface area contributed by atoms with E-state index in [0.29, 0.717) is 0 Å². The third-order valence-electron chi connectivity index (χ3n) is 11.0. The van der Waals surface area contributed by atoms with Crippen molar-refractivity contribution in [2.75, 3.05) is 0 Å². The molecule has 0 saturated carbocycles. The first-order valence-corrected chi connectivity index (χ1v) is 19.9. The number of aryl methyl sites for hydroxylation is 2. The fraction of sp³-hybridized carbons (Fsp3) is 0.0400. The number of hydrogen-bond acceptors (Lipinski definition) is 4. The summed E-state index contributed by atoms with van der Waals surface area (Å²) in [4.78, 5) is 10.7. The largest absolute Gasteiger partial charge is 0.245 e. The number of hydrogen-bond donors (Lipinski definition) is 0. The molecule has 0 aliphatic carbocycles. The van der Waals surface area contributed by atoms with Crippen LogP contribution in [-0.2, 0) is 0 Å². The molecule has 0 fully saturated rings. The molecule has 11 rings (SSSR count). The van der Waals surface area contributed by atoms with Gasteiger partial charge in [0.15, 0.2) is 0 Å². The van der Waals surface area contributed by atoms with Gasteiger partial charge in [0.05, 0.1) is 22.4 Å². The number of aromatic nitrogens is 2. The van der Waals surface area contributed by atoms with Gasteiger partial charge in [0.25, 0.3) is 0 Å². The molecule has 2 nitrogen and oxygen atoms in total. The Morgan fingerprint density at radius 3 is 1.19 bits per heavy atom. The van der Waals surface area contributed by atoms with Crippen molar-refractivity contribution in [3.63, 3.8) is 0 Å². The van der Waals surface area contributed by atoms with Gasteiger partial charge in [0.1, 0.15) is 0 Å². The summed E-state index contributed by atoms with van der Waals surface area (Å²) in [5.74, 6) is 0. The van der Waals surface area contributed by atoms with Crippen LogP contribution in [0.4, 0.5) is 0 Å². The van der Waals surface area contributed by atoms with E-state index in [2.05, 4.69) is 172 Å². The number of benzene rings is 7. The van der Waals surface area contributed by atoms with Gasteiger partial charge >= 0.3 is 0 Å². The second-order valence-electron chi connectivity index (χ2n) is 14.2. The number of thiophene rings is 2. The second-order valence-corrected chi connectivity index (χ2v) is 16.3. The summed E-state index contributed by atoms with van der Waals surface area (Å²) in [7, 11) is 0. The molecule has 4 heterocycles. The van der Waals surface area contributed by atoms with Crippen LogP contribution in [0.15, 0.2) is 158 Å². The van der Waals surface area contributed by atoms with Gasteiger partial charge in [-0.15, -0.1) is 22.7 Å². The third-order valence-corrected chi connectivity index (χ3v) is 13.4. The maximum Gasteiger partial charge on any atom is 0.0975 e. The van der Waals surface area contributed by atoms with Crippen LogP contribution in [-0.4, -0.2) is 9.97 Å². The Morgan fingerprint density at radius 1 is 0.352 bits per heavy atom. The van der Waals surface area contributed by atoms with E-state index in [0.717, 1.165) is 44.3 Å². The van der Waals surface area contributed by atoms with E-state index < -0.39 is 0 Å². The van der Waals surface area contributed by atoms with Gasteiger partial charge in [0.2, 0.25) is 0 Å². The minimum absolute atomic E-state index is 0.944. The van der Waals surface area contributed by atoms with Crippen LogP contribution in [0.1, 0.15) is 11.1 Å². The van der Waals surface area contributed by atoms with Crippen LogP contribution >= 0.6 is 22.7 Å². The first-order valence-electron chi connectivity index (χ1n) is 18.3. The number of fused-ring (bicyclic) bond motifs is 9. The lowest BCUT2D eigenvalue weighted by Gasteiger charge is -2.13. The summed E-state index contributed by atoms with van der Waals surface area (Å²) in [6.45, 7) is 4.37. The van der Waals surface area contributed by atoms with Gasteiger partial charge in [-0.25, -0.2) is 9.97 Å². The summed E-state index contributed by atoms with van der Waals surface area (Å²) in [5, 5.41) is 7.55. The molecule has 0 saturated heterocycles. The zero-order valence-corrected chi connectivity index (χ0v) is 31.4. The van der Waals surface area contributed by atoms with E-state index in [1.807, 2.05) is 22.7 Å². The van der Waals surface area contributed by atoms with Crippen LogP contribution in [0.5, 0.6) is 0 Å². The fourth-order valence-corrected chi connectivity index (χ4v) is 10.7. The average Bonchev–Trinajstić information content (AvgIpc) is 3.80. The fourth-order valence-electron chi connectivity index (χ4n) is 8.20. The minimum Gasteiger partial charge on any atom is -0.245 e. The number of nitrogens with zero attached hydrogens (tertiary/aromatic N) is 2. The van der Waals surface area contributed by atoms with Crippen LogP contribution in [0.3, 0.4) is 0 Å². The zero-order valence-electron chi connectivity index (χ0n) is 29.7. The SMILES string of the molecule is Cc1cc(-c2ccc(-c3cccc4c3sc3ccccc34)cc2)nc2c1ccc1c(C)cc(-c3ccc(-c4cccc5c4sc4ccccc45)cc3)nc12. The van der Waals surface area contributed by atoms with Crippen molar-refractivity contribution in [2.24, 2.45) is 0 Å². The molecule has 0 unspecified atom stereocenters. The molecule has 4 heteroatoms. The van der Waals surface area contributed by atoms with E-state index in [-0.39, 0.29) is 0 Å². The molecule has 0 spiro atoms. The molecular formula is C50H32N2S2. The maximum atomic E-state index is 5.33. The Balaban J connectivity index is 0.978. The molecule has 0 amide bonds. The van der Waals surface area contributed by atoms with Crippen LogP contribution in [0.25, 0.3) is 107 Å². The average molecular weight is 725 g/mol. The molecule has 0 aliphatic heterocycles. The monoisotopic (exact) mass is 724 g/mol. The second kappa shape index (κ2) is 12.2. The van der Waals surface area contributed by atoms with Crippen molar-refractivity contribution >= 4 is 84.8 Å². The Hall–Kier alpha value is -6.20. The third kappa shape index (κ3) is 4.91. The van der Waals surface area contributed by atoms with Crippen molar-refractivity contribution in [1.82, 2.24) is 9.97 Å². The van der Waals surface area contributed by atoms with Crippen LogP contribution < -0.4 is 0 Å². The number of pyridine rings is 2. The predicted octanol–water partition coefficient (Wildman–Crippen LogP) is 14.8. The van der Waals surface area contributed by atoms with E-state index in [1.54, 1.807) is 0 Å². The first-order chi connectivity index (χ1) is 26.6. The highest BCUT2D eigenvalue weighted by Gasteiger charge is 2.15. The van der Waals surface area contributed by atoms with Gasteiger partial charge in [-0.05, 0) is 71.5 Å². The summed E-state index contributed by atoms with van der Waals surface area (Å²) in [6, 6.07) is 57.3. The standard InChI is InChI=1S/C50H32N2S2/c1-29-27-43(33-21-17-31(18-22-33)37-11-7-13-41-39-9-3-5-15-45(39)53-49(37)41)51-47-35(29)25-26-36-30(2)28-44(52-48(36)47)34-23-19-32(20-24-34)38-12-8-14-42-40-10-4-6-16-46(40)54-50(38)42/h3-28H,1-2H3. The lowest BCUT2D eigenvalue weighted by Crippen LogP contribution is -1.95. The smallest absolute Gasteiger partial charge is 0.0975 e. The Kier molecular flexibility index (Phi) is 7.06. The van der Waals surface area contributed by atoms with Crippen molar-refractivity contribution in [1.29, 1.82) is 0 Å². The van der Waals surface area contributed by atoms with Crippen molar-refractivity contribution in [3.8, 4) is 44.8 Å². The van der Waals surface area contributed by atoms with Crippen LogP contribution in [0, 0.1) is 13.8 Å². The minimum atomic E-state index is 0.944. The highest BCUT2D eigenvalue weighted by Crippen LogP contribution is 2.42. The van der Waals surface area contributed by atoms with Gasteiger partial charge in [-0.2, -0.15) is 0 Å². The van der Waals surface area contributed by atoms with Gasteiger partial charge in [-0.1, -0.05) is 133 Å². The van der Waals surface area contributed by atoms with E-state index in [1.165, 1.54) is 73.7 Å². The highest BCUT2D eigenvalue weighted by molar-refractivity contribution is 7.26. The van der Waals surface area contributed by atoms with Gasteiger partial charge in [0, 0.05) is 62.2 Å². The summed E-state index contributed by atoms with van der Waals surface area (Å²) in [6.07, 6.45) is 0.